The van der Waals surface area contributed by atoms with E-state index in [0.717, 1.165) is 30.4 Å². The molecule has 0 aromatic heterocycles. The van der Waals surface area contributed by atoms with Crippen molar-refractivity contribution in [1.82, 2.24) is 10.6 Å². The molecular formula is C15H25N3O2. The van der Waals surface area contributed by atoms with E-state index in [1.165, 1.54) is 0 Å². The van der Waals surface area contributed by atoms with Crippen LogP contribution >= 0.6 is 0 Å². The molecule has 0 saturated carbocycles. The Hall–Kier alpha value is -1.91. The van der Waals surface area contributed by atoms with Crippen molar-refractivity contribution >= 4 is 5.96 Å². The van der Waals surface area contributed by atoms with Crippen molar-refractivity contribution < 1.29 is 9.47 Å². The predicted octanol–water partition coefficient (Wildman–Crippen LogP) is 2.04. The Kier molecular flexibility index (Phi) is 7.32. The van der Waals surface area contributed by atoms with E-state index in [1.807, 2.05) is 31.2 Å². The van der Waals surface area contributed by atoms with Gasteiger partial charge in [-0.3, -0.25) is 4.99 Å². The SMILES string of the molecule is CCCNC(=NC)NCC(C)Oc1ccccc1OC. The first kappa shape index (κ1) is 16.1. The molecule has 0 radical (unpaired) electrons. The number of hydrogen-bond acceptors (Lipinski definition) is 3. The molecule has 0 fully saturated rings. The summed E-state index contributed by atoms with van der Waals surface area (Å²) in [5.74, 6) is 2.29. The number of ether oxygens (including phenoxy) is 2. The molecule has 0 spiro atoms. The zero-order chi connectivity index (χ0) is 14.8. The molecular weight excluding hydrogens is 254 g/mol. The topological polar surface area (TPSA) is 54.9 Å². The molecule has 1 aromatic rings. The normalized spacial score (nSPS) is 12.7. The van der Waals surface area contributed by atoms with Gasteiger partial charge in [-0.1, -0.05) is 19.1 Å². The largest absolute Gasteiger partial charge is 0.493 e. The van der Waals surface area contributed by atoms with Crippen molar-refractivity contribution in [3.63, 3.8) is 0 Å². The first-order valence-corrected chi connectivity index (χ1v) is 6.95. The minimum atomic E-state index is 0.00600. The number of benzene rings is 1. The predicted molar refractivity (Wildman–Crippen MR) is 82.7 cm³/mol. The Balaban J connectivity index is 2.45. The highest BCUT2D eigenvalue weighted by Crippen LogP contribution is 2.26. The van der Waals surface area contributed by atoms with Gasteiger partial charge in [0.2, 0.25) is 0 Å². The average Bonchev–Trinajstić information content (AvgIpc) is 2.48. The van der Waals surface area contributed by atoms with Crippen LogP contribution in [0, 0.1) is 0 Å². The number of guanidine groups is 1. The zero-order valence-corrected chi connectivity index (χ0v) is 12.8. The summed E-state index contributed by atoms with van der Waals surface area (Å²) >= 11 is 0. The highest BCUT2D eigenvalue weighted by Gasteiger charge is 2.09. The third kappa shape index (κ3) is 5.38. The minimum absolute atomic E-state index is 0.00600. The third-order valence-electron chi connectivity index (χ3n) is 2.72. The van der Waals surface area contributed by atoms with Gasteiger partial charge >= 0.3 is 0 Å². The smallest absolute Gasteiger partial charge is 0.191 e. The lowest BCUT2D eigenvalue weighted by molar-refractivity contribution is 0.213. The first-order chi connectivity index (χ1) is 9.71. The van der Waals surface area contributed by atoms with Crippen LogP contribution in [0.25, 0.3) is 0 Å². The summed E-state index contributed by atoms with van der Waals surface area (Å²) in [7, 11) is 3.40. The fourth-order valence-corrected chi connectivity index (χ4v) is 1.68. The molecule has 112 valence electrons. The van der Waals surface area contributed by atoms with Gasteiger partial charge in [-0.05, 0) is 25.5 Å². The zero-order valence-electron chi connectivity index (χ0n) is 12.8. The monoisotopic (exact) mass is 279 g/mol. The van der Waals surface area contributed by atoms with Gasteiger partial charge in [-0.25, -0.2) is 0 Å². The van der Waals surface area contributed by atoms with Gasteiger partial charge in [0.1, 0.15) is 6.10 Å². The van der Waals surface area contributed by atoms with Crippen molar-refractivity contribution in [3.05, 3.63) is 24.3 Å². The van der Waals surface area contributed by atoms with Crippen molar-refractivity contribution in [2.45, 2.75) is 26.4 Å². The number of aliphatic imine (C=N–C) groups is 1. The van der Waals surface area contributed by atoms with Crippen LogP contribution in [0.3, 0.4) is 0 Å². The fraction of sp³-hybridized carbons (Fsp3) is 0.533. The second-order valence-electron chi connectivity index (χ2n) is 4.46. The highest BCUT2D eigenvalue weighted by molar-refractivity contribution is 5.79. The van der Waals surface area contributed by atoms with E-state index < -0.39 is 0 Å². The summed E-state index contributed by atoms with van der Waals surface area (Å²) in [5, 5.41) is 6.45. The average molecular weight is 279 g/mol. The summed E-state index contributed by atoms with van der Waals surface area (Å²) in [5.41, 5.74) is 0. The molecule has 0 aliphatic carbocycles. The third-order valence-corrected chi connectivity index (χ3v) is 2.72. The lowest BCUT2D eigenvalue weighted by atomic mass is 10.3. The van der Waals surface area contributed by atoms with Crippen LogP contribution in [-0.2, 0) is 0 Å². The highest BCUT2D eigenvalue weighted by atomic mass is 16.5. The molecule has 5 nitrogen and oxygen atoms in total. The number of hydrogen-bond donors (Lipinski definition) is 2. The van der Waals surface area contributed by atoms with Gasteiger partial charge in [-0.15, -0.1) is 0 Å². The van der Waals surface area contributed by atoms with E-state index in [9.17, 15) is 0 Å². The van der Waals surface area contributed by atoms with Gasteiger partial charge in [-0.2, -0.15) is 0 Å². The lowest BCUT2D eigenvalue weighted by Crippen LogP contribution is -2.42. The van der Waals surface area contributed by atoms with Crippen LogP contribution in [0.15, 0.2) is 29.3 Å². The quantitative estimate of drug-likeness (QED) is 0.592. The van der Waals surface area contributed by atoms with E-state index >= 15 is 0 Å². The molecule has 0 aliphatic rings. The summed E-state index contributed by atoms with van der Waals surface area (Å²) < 4.78 is 11.1. The van der Waals surface area contributed by atoms with Gasteiger partial charge in [0.15, 0.2) is 17.5 Å². The van der Waals surface area contributed by atoms with Crippen LogP contribution in [0.4, 0.5) is 0 Å². The van der Waals surface area contributed by atoms with E-state index in [1.54, 1.807) is 14.2 Å². The van der Waals surface area contributed by atoms with Crippen LogP contribution in [-0.4, -0.2) is 39.3 Å². The maximum Gasteiger partial charge on any atom is 0.191 e. The van der Waals surface area contributed by atoms with Gasteiger partial charge in [0.05, 0.1) is 13.7 Å². The van der Waals surface area contributed by atoms with Gasteiger partial charge in [0.25, 0.3) is 0 Å². The molecule has 1 rings (SSSR count). The van der Waals surface area contributed by atoms with Crippen molar-refractivity contribution in [3.8, 4) is 11.5 Å². The van der Waals surface area contributed by atoms with Crippen LogP contribution in [0.1, 0.15) is 20.3 Å². The number of para-hydroxylation sites is 2. The molecule has 5 heteroatoms. The van der Waals surface area contributed by atoms with E-state index in [0.29, 0.717) is 6.54 Å². The summed E-state index contributed by atoms with van der Waals surface area (Å²) in [4.78, 5) is 4.15. The molecule has 1 aromatic carbocycles. The Bertz CT molecular complexity index is 421. The molecule has 2 N–H and O–H groups in total. The van der Waals surface area contributed by atoms with Crippen molar-refractivity contribution in [2.24, 2.45) is 4.99 Å². The van der Waals surface area contributed by atoms with Crippen LogP contribution in [0.5, 0.6) is 11.5 Å². The van der Waals surface area contributed by atoms with Gasteiger partial charge in [0, 0.05) is 13.6 Å². The number of rotatable bonds is 7. The van der Waals surface area contributed by atoms with E-state index in [4.69, 9.17) is 9.47 Å². The molecule has 0 amide bonds. The fourth-order valence-electron chi connectivity index (χ4n) is 1.68. The number of methoxy groups -OCH3 is 1. The molecule has 20 heavy (non-hydrogen) atoms. The number of nitrogens with one attached hydrogen (secondary N) is 2. The molecule has 1 unspecified atom stereocenters. The summed E-state index contributed by atoms with van der Waals surface area (Å²) in [6.45, 7) is 5.70. The Morgan fingerprint density at radius 2 is 1.95 bits per heavy atom. The molecule has 0 bridgehead atoms. The lowest BCUT2D eigenvalue weighted by Gasteiger charge is -2.18. The van der Waals surface area contributed by atoms with Gasteiger partial charge < -0.3 is 20.1 Å². The first-order valence-electron chi connectivity index (χ1n) is 6.95. The Morgan fingerprint density at radius 1 is 1.25 bits per heavy atom. The molecule has 0 aliphatic heterocycles. The van der Waals surface area contributed by atoms with Crippen LogP contribution in [0.2, 0.25) is 0 Å². The Morgan fingerprint density at radius 3 is 2.55 bits per heavy atom. The Labute approximate surface area is 121 Å². The molecule has 0 heterocycles. The minimum Gasteiger partial charge on any atom is -0.493 e. The number of nitrogens with zero attached hydrogens (tertiary/aromatic N) is 1. The summed E-state index contributed by atoms with van der Waals surface area (Å²) in [6.07, 6.45) is 1.07. The van der Waals surface area contributed by atoms with Crippen LogP contribution < -0.4 is 20.1 Å². The van der Waals surface area contributed by atoms with Crippen molar-refractivity contribution in [1.29, 1.82) is 0 Å². The standard InChI is InChI=1S/C15H25N3O2/c1-5-10-17-15(16-3)18-11-12(2)20-14-9-7-6-8-13(14)19-4/h6-9,12H,5,10-11H2,1-4H3,(H2,16,17,18). The van der Waals surface area contributed by atoms with E-state index in [-0.39, 0.29) is 6.10 Å². The van der Waals surface area contributed by atoms with Crippen molar-refractivity contribution in [2.75, 3.05) is 27.2 Å². The van der Waals surface area contributed by atoms with E-state index in [2.05, 4.69) is 22.5 Å². The molecule has 1 atom stereocenters. The second kappa shape index (κ2) is 9.07. The second-order valence-corrected chi connectivity index (χ2v) is 4.46. The maximum atomic E-state index is 5.87. The molecule has 0 saturated heterocycles. The maximum absolute atomic E-state index is 5.87. The summed E-state index contributed by atoms with van der Waals surface area (Å²) in [6, 6.07) is 7.64.